The van der Waals surface area contributed by atoms with Crippen molar-refractivity contribution >= 4 is 0 Å². The lowest BCUT2D eigenvalue weighted by Gasteiger charge is -2.38. The van der Waals surface area contributed by atoms with Crippen molar-refractivity contribution in [2.24, 2.45) is 0 Å². The van der Waals surface area contributed by atoms with Crippen LogP contribution < -0.4 is 5.32 Å². The van der Waals surface area contributed by atoms with Gasteiger partial charge in [-0.05, 0) is 0 Å². The summed E-state index contributed by atoms with van der Waals surface area (Å²) in [4.78, 5) is 0. The molecule has 5 atom stereocenters. The second kappa shape index (κ2) is 5.46. The third kappa shape index (κ3) is 3.50. The molecule has 0 aliphatic carbocycles. The van der Waals surface area contributed by atoms with Crippen molar-refractivity contribution in [3.05, 3.63) is 0 Å². The van der Waals surface area contributed by atoms with Crippen molar-refractivity contribution < 1.29 is 38.3 Å². The molecule has 1 heterocycles. The Bertz CT molecular complexity index is 252. The van der Waals surface area contributed by atoms with E-state index in [2.05, 4.69) is 0 Å². The molecule has 9 heteroatoms. The number of ether oxygens (including phenoxy) is 1. The number of aliphatic hydroxyl groups is 4. The quantitative estimate of drug-likeness (QED) is 0.374. The summed E-state index contributed by atoms with van der Waals surface area (Å²) < 4.78 is 40.9. The van der Waals surface area contributed by atoms with Gasteiger partial charge >= 0.3 is 6.18 Å². The minimum absolute atomic E-state index is 0.364. The van der Waals surface area contributed by atoms with Crippen LogP contribution in [0.5, 0.6) is 0 Å². The minimum atomic E-state index is -4.88. The van der Waals surface area contributed by atoms with Crippen LogP contribution >= 0.6 is 0 Å². The average molecular weight is 261 g/mol. The van der Waals surface area contributed by atoms with Crippen LogP contribution in [-0.2, 0) is 4.74 Å². The van der Waals surface area contributed by atoms with E-state index in [1.807, 2.05) is 0 Å². The van der Waals surface area contributed by atoms with Gasteiger partial charge in [0.05, 0.1) is 19.3 Å². The first-order valence-electron chi connectivity index (χ1n) is 4.86. The average Bonchev–Trinajstić information content (AvgIpc) is 2.23. The van der Waals surface area contributed by atoms with Crippen LogP contribution in [0.2, 0.25) is 0 Å². The SMILES string of the molecule is OC[C@H]1OCC(NC(O)C(F)(F)F)[C@@H](O)[C@H]1O. The van der Waals surface area contributed by atoms with E-state index < -0.39 is 43.4 Å². The first-order chi connectivity index (χ1) is 7.77. The summed E-state index contributed by atoms with van der Waals surface area (Å²) in [5.74, 6) is 0. The first-order valence-corrected chi connectivity index (χ1v) is 4.86. The summed E-state index contributed by atoms with van der Waals surface area (Å²) in [5, 5.41) is 38.0. The van der Waals surface area contributed by atoms with Crippen molar-refractivity contribution in [1.29, 1.82) is 0 Å². The topological polar surface area (TPSA) is 102 Å². The van der Waals surface area contributed by atoms with Gasteiger partial charge in [0.1, 0.15) is 18.3 Å². The first kappa shape index (κ1) is 14.6. The molecule has 0 bridgehead atoms. The van der Waals surface area contributed by atoms with Gasteiger partial charge in [-0.25, -0.2) is 0 Å². The zero-order valence-electron chi connectivity index (χ0n) is 8.63. The molecule has 6 nitrogen and oxygen atoms in total. The standard InChI is InChI=1S/C8H14F3NO5/c9-8(10,11)7(16)12-3-2-17-4(1-13)6(15)5(3)14/h3-7,12-16H,1-2H2/t3?,4-,5-,6+,7?/m1/s1. The summed E-state index contributed by atoms with van der Waals surface area (Å²) in [7, 11) is 0. The van der Waals surface area contributed by atoms with E-state index in [1.165, 1.54) is 0 Å². The van der Waals surface area contributed by atoms with Gasteiger partial charge in [-0.3, -0.25) is 5.32 Å². The monoisotopic (exact) mass is 261 g/mol. The maximum Gasteiger partial charge on any atom is 0.427 e. The summed E-state index contributed by atoms with van der Waals surface area (Å²) in [5.41, 5.74) is 0. The van der Waals surface area contributed by atoms with Crippen molar-refractivity contribution in [2.45, 2.75) is 36.8 Å². The Hall–Kier alpha value is -0.450. The van der Waals surface area contributed by atoms with Gasteiger partial charge in [0.2, 0.25) is 6.23 Å². The van der Waals surface area contributed by atoms with E-state index in [1.54, 1.807) is 5.32 Å². The molecule has 1 aliphatic heterocycles. The summed E-state index contributed by atoms with van der Waals surface area (Å²) in [6.07, 6.45) is -11.8. The number of halogens is 3. The van der Waals surface area contributed by atoms with Crippen molar-refractivity contribution in [3.8, 4) is 0 Å². The molecule has 1 aliphatic rings. The third-order valence-electron chi connectivity index (χ3n) is 2.49. The Balaban J connectivity index is 2.57. The molecule has 1 fully saturated rings. The van der Waals surface area contributed by atoms with Crippen LogP contribution in [0.3, 0.4) is 0 Å². The maximum atomic E-state index is 12.0. The lowest BCUT2D eigenvalue weighted by Crippen LogP contribution is -2.62. The highest BCUT2D eigenvalue weighted by atomic mass is 19.4. The Morgan fingerprint density at radius 3 is 2.35 bits per heavy atom. The molecule has 1 rings (SSSR count). The molecule has 1 saturated heterocycles. The predicted octanol–water partition coefficient (Wildman–Crippen LogP) is -2.06. The van der Waals surface area contributed by atoms with Crippen LogP contribution in [0.4, 0.5) is 13.2 Å². The zero-order chi connectivity index (χ0) is 13.2. The van der Waals surface area contributed by atoms with Gasteiger partial charge in [0, 0.05) is 0 Å². The van der Waals surface area contributed by atoms with Crippen molar-refractivity contribution in [1.82, 2.24) is 5.32 Å². The van der Waals surface area contributed by atoms with E-state index in [-0.39, 0.29) is 6.61 Å². The van der Waals surface area contributed by atoms with Gasteiger partial charge in [0.25, 0.3) is 0 Å². The smallest absolute Gasteiger partial charge is 0.394 e. The van der Waals surface area contributed by atoms with E-state index >= 15 is 0 Å². The molecule has 0 aromatic rings. The van der Waals surface area contributed by atoms with Gasteiger partial charge in [0.15, 0.2) is 0 Å². The van der Waals surface area contributed by atoms with Crippen molar-refractivity contribution in [3.63, 3.8) is 0 Å². The number of hydrogen-bond acceptors (Lipinski definition) is 6. The van der Waals surface area contributed by atoms with E-state index in [9.17, 15) is 23.4 Å². The highest BCUT2D eigenvalue weighted by Crippen LogP contribution is 2.21. The molecule has 102 valence electrons. The van der Waals surface area contributed by atoms with Crippen LogP contribution in [0.25, 0.3) is 0 Å². The number of nitrogens with one attached hydrogen (secondary N) is 1. The lowest BCUT2D eigenvalue weighted by molar-refractivity contribution is -0.228. The molecule has 2 unspecified atom stereocenters. The van der Waals surface area contributed by atoms with Crippen LogP contribution in [-0.4, -0.2) is 70.4 Å². The number of aliphatic hydroxyl groups excluding tert-OH is 4. The Labute approximate surface area is 94.6 Å². The third-order valence-corrected chi connectivity index (χ3v) is 2.49. The molecule has 0 aromatic heterocycles. The fraction of sp³-hybridized carbons (Fsp3) is 1.00. The van der Waals surface area contributed by atoms with E-state index in [0.29, 0.717) is 0 Å². The Kier molecular flexibility index (Phi) is 4.69. The molecule has 0 aromatic carbocycles. The summed E-state index contributed by atoms with van der Waals surface area (Å²) in [6.45, 7) is -0.927. The molecule has 17 heavy (non-hydrogen) atoms. The Morgan fingerprint density at radius 1 is 1.29 bits per heavy atom. The summed E-state index contributed by atoms with van der Waals surface area (Å²) >= 11 is 0. The van der Waals surface area contributed by atoms with E-state index in [4.69, 9.17) is 14.9 Å². The molecule has 0 radical (unpaired) electrons. The molecular formula is C8H14F3NO5. The summed E-state index contributed by atoms with van der Waals surface area (Å²) in [6, 6.07) is -1.27. The molecular weight excluding hydrogens is 247 g/mol. The predicted molar refractivity (Wildman–Crippen MR) is 47.8 cm³/mol. The molecule has 0 saturated carbocycles. The number of hydrogen-bond donors (Lipinski definition) is 5. The van der Waals surface area contributed by atoms with E-state index in [0.717, 1.165) is 0 Å². The maximum absolute atomic E-state index is 12.0. The normalized spacial score (nSPS) is 36.9. The largest absolute Gasteiger partial charge is 0.427 e. The fourth-order valence-electron chi connectivity index (χ4n) is 1.49. The van der Waals surface area contributed by atoms with Gasteiger partial charge in [-0.1, -0.05) is 0 Å². The van der Waals surface area contributed by atoms with Gasteiger partial charge in [-0.15, -0.1) is 0 Å². The van der Waals surface area contributed by atoms with Crippen LogP contribution in [0, 0.1) is 0 Å². The second-order valence-electron chi connectivity index (χ2n) is 3.75. The fourth-order valence-corrected chi connectivity index (χ4v) is 1.49. The Morgan fingerprint density at radius 2 is 1.88 bits per heavy atom. The molecule has 5 N–H and O–H groups in total. The van der Waals surface area contributed by atoms with Crippen LogP contribution in [0.1, 0.15) is 0 Å². The van der Waals surface area contributed by atoms with Gasteiger partial charge in [-0.2, -0.15) is 13.2 Å². The number of rotatable bonds is 3. The lowest BCUT2D eigenvalue weighted by atomic mass is 9.98. The highest BCUT2D eigenvalue weighted by Gasteiger charge is 2.44. The molecule has 0 spiro atoms. The van der Waals surface area contributed by atoms with Crippen LogP contribution in [0.15, 0.2) is 0 Å². The second-order valence-corrected chi connectivity index (χ2v) is 3.75. The highest BCUT2D eigenvalue weighted by molar-refractivity contribution is 4.91. The number of alkyl halides is 3. The minimum Gasteiger partial charge on any atom is -0.394 e. The van der Waals surface area contributed by atoms with Gasteiger partial charge < -0.3 is 25.2 Å². The van der Waals surface area contributed by atoms with Crippen molar-refractivity contribution in [2.75, 3.05) is 13.2 Å². The zero-order valence-corrected chi connectivity index (χ0v) is 8.63. The molecule has 0 amide bonds.